The molecule has 0 spiro atoms. The average Bonchev–Trinajstić information content (AvgIpc) is 4.20. The zero-order chi connectivity index (χ0) is 55.7. The molecule has 0 amide bonds. The van der Waals surface area contributed by atoms with Crippen LogP contribution in [0.2, 0.25) is 0 Å². The lowest BCUT2D eigenvalue weighted by Gasteiger charge is -2.35. The zero-order valence-electron chi connectivity index (χ0n) is 39.9. The molecule has 3 saturated heterocycles. The molecule has 16 atom stereocenters. The topological polar surface area (TPSA) is 528 Å². The highest BCUT2D eigenvalue weighted by Crippen LogP contribution is 2.68. The first-order valence-electron chi connectivity index (χ1n) is 22.3. The van der Waals surface area contributed by atoms with Crippen molar-refractivity contribution in [3.05, 3.63) is 46.0 Å². The van der Waals surface area contributed by atoms with Gasteiger partial charge in [0, 0.05) is 26.7 Å². The van der Waals surface area contributed by atoms with E-state index < -0.39 is 134 Å². The second kappa shape index (κ2) is 21.8. The van der Waals surface area contributed by atoms with Crippen LogP contribution in [0.1, 0.15) is 25.1 Å². The first-order valence-corrected chi connectivity index (χ1v) is 29.5. The highest BCUT2D eigenvalue weighted by Gasteiger charge is 2.55. The molecule has 3 aliphatic rings. The fraction of sp³-hybridized carbons (Fsp3) is 0.571. The molecule has 6 aromatic heterocycles. The number of aryl methyl sites for hydroxylation is 1. The summed E-state index contributed by atoms with van der Waals surface area (Å²) in [4.78, 5) is 101. The highest BCUT2D eigenvalue weighted by atomic mass is 32.5. The van der Waals surface area contributed by atoms with Crippen molar-refractivity contribution in [1.82, 2.24) is 53.6 Å². The van der Waals surface area contributed by atoms with Crippen LogP contribution in [-0.2, 0) is 78.4 Å². The molecule has 4 unspecified atom stereocenters. The Hall–Kier alpha value is -4.69. The zero-order valence-corrected chi connectivity index (χ0v) is 44.3. The third-order valence-corrected chi connectivity index (χ3v) is 19.9. The second-order valence-electron chi connectivity index (χ2n) is 17.4. The molecule has 0 radical (unpaired) electrons. The number of rotatable bonds is 21. The summed E-state index contributed by atoms with van der Waals surface area (Å²) in [6, 6.07) is 0. The second-order valence-corrected chi connectivity index (χ2v) is 25.4. The number of hydrogen-bond acceptors (Lipinski definition) is 29. The summed E-state index contributed by atoms with van der Waals surface area (Å²) in [6.45, 7) is -8.39. The molecule has 0 aromatic carbocycles. The number of aromatic nitrogens is 12. The molecule has 77 heavy (non-hydrogen) atoms. The Kier molecular flexibility index (Phi) is 16.1. The van der Waals surface area contributed by atoms with Crippen LogP contribution in [0.3, 0.4) is 0 Å². The number of aromatic amines is 2. The Balaban J connectivity index is 0.890. The Morgan fingerprint density at radius 3 is 1.97 bits per heavy atom. The molecule has 14 N–H and O–H groups in total. The molecular formula is C35H49N15O22P4S. The van der Waals surface area contributed by atoms with Gasteiger partial charge in [0.2, 0.25) is 24.5 Å². The van der Waals surface area contributed by atoms with E-state index >= 15 is 0 Å². The minimum Gasteiger partial charge on any atom is -0.778 e. The molecule has 422 valence electrons. The standard InChI is InChI=1S/C35H49N15O22P4S/c1-47-12-50(28-19(47)30(55)46-35(38)44-28)31-20(51)13(4-5-63-2)14(68-31)6-66-74(58,59)71-76(62,77)72-75(60,61)67-8-16-24(23(64-3)33(70-16)48-10-41-17-25(36)39-9-40-26(17)48)73(56,57)65-7-15-21(52)22(53)32(69-15)49-11-42-18-27(49)43-34(37)45-29(18)54/h9-16,20-24,31-33,51-53H,4-8H2,1-3H3,(H11-,36,37,38,39,40,43,44,45,46,54,55,56,57,58,59,60,61,62,77)/t13-,14-,15-,16-,20-,21-,22-,23-,24-,31-,32-,33-,76?/m1/s1. The Labute approximate surface area is 434 Å². The monoisotopic (exact) mass is 1190 g/mol. The van der Waals surface area contributed by atoms with Gasteiger partial charge in [-0.25, -0.2) is 42.3 Å². The summed E-state index contributed by atoms with van der Waals surface area (Å²) in [5.41, 5.74) is 13.9. The SMILES string of the molecule is COCC[C@H]1[C@@H](O)[C@H](n2c[n+](C)c3c(=O)[nH]c(N)nc32)O[C@@H]1COP(=O)(O)OP(O)(=S)OP(=O)(O)OC[C@H]1O[C@@H](n2cnc3c(N)ncnc32)[C@H](OC)[C@@H]1P(=O)([O-])OC[C@H]1O[C@@H](n2cnc3c(=O)[nH]c(N)nc32)[C@H](O)[C@@H]1O. The number of aliphatic hydroxyl groups is 3. The van der Waals surface area contributed by atoms with Crippen LogP contribution in [-0.4, -0.2) is 173 Å². The van der Waals surface area contributed by atoms with Gasteiger partial charge in [-0.1, -0.05) is 0 Å². The number of fused-ring (bicyclic) bond motifs is 3. The van der Waals surface area contributed by atoms with Crippen molar-refractivity contribution < 1.29 is 99.0 Å². The third kappa shape index (κ3) is 11.4. The van der Waals surface area contributed by atoms with Gasteiger partial charge in [0.05, 0.1) is 57.4 Å². The van der Waals surface area contributed by atoms with Gasteiger partial charge in [-0.3, -0.25) is 37.7 Å². The van der Waals surface area contributed by atoms with Crippen molar-refractivity contribution in [1.29, 1.82) is 0 Å². The number of phosphoric acid groups is 2. The van der Waals surface area contributed by atoms with E-state index in [0.717, 1.165) is 30.7 Å². The summed E-state index contributed by atoms with van der Waals surface area (Å²) < 4.78 is 99.6. The van der Waals surface area contributed by atoms with E-state index in [0.29, 0.717) is 0 Å². The van der Waals surface area contributed by atoms with E-state index in [-0.39, 0.29) is 64.2 Å². The molecule has 0 saturated carbocycles. The number of nitrogens with zero attached hydrogens (tertiary/aromatic N) is 10. The summed E-state index contributed by atoms with van der Waals surface area (Å²) in [7, 11) is -12.9. The van der Waals surface area contributed by atoms with Gasteiger partial charge in [0.15, 0.2) is 35.1 Å². The molecule has 6 aromatic rings. The van der Waals surface area contributed by atoms with Crippen LogP contribution in [0.15, 0.2) is 34.9 Å². The lowest BCUT2D eigenvalue weighted by molar-refractivity contribution is -0.646. The van der Waals surface area contributed by atoms with Crippen LogP contribution >= 0.6 is 30.0 Å². The maximum atomic E-state index is 14.4. The Morgan fingerprint density at radius 1 is 0.740 bits per heavy atom. The summed E-state index contributed by atoms with van der Waals surface area (Å²) in [5.74, 6) is -1.52. The first-order chi connectivity index (χ1) is 36.2. The summed E-state index contributed by atoms with van der Waals surface area (Å²) >= 11 is 4.79. The first kappa shape index (κ1) is 57.0. The maximum Gasteiger partial charge on any atom is 0.479 e. The number of ether oxygens (including phenoxy) is 5. The summed E-state index contributed by atoms with van der Waals surface area (Å²) in [5, 5.41) is 33.4. The molecule has 37 nitrogen and oxygen atoms in total. The van der Waals surface area contributed by atoms with Crippen molar-refractivity contribution in [2.75, 3.05) is 57.8 Å². The average molecular weight is 1190 g/mol. The normalized spacial score (nSPS) is 30.0. The van der Waals surface area contributed by atoms with Gasteiger partial charge in [-0.05, 0) is 18.2 Å². The van der Waals surface area contributed by atoms with Gasteiger partial charge in [-0.15, -0.1) is 0 Å². The number of H-pyrrole nitrogens is 2. The number of hydrogen-bond donors (Lipinski definition) is 11. The predicted molar refractivity (Wildman–Crippen MR) is 256 cm³/mol. The van der Waals surface area contributed by atoms with Gasteiger partial charge in [0.1, 0.15) is 50.0 Å². The number of anilines is 3. The highest BCUT2D eigenvalue weighted by molar-refractivity contribution is 8.09. The number of nitrogens with two attached hydrogens (primary N) is 3. The minimum absolute atomic E-state index is 0.00891. The van der Waals surface area contributed by atoms with Crippen molar-refractivity contribution >= 4 is 93.0 Å². The molecular weight excluding hydrogens is 1140 g/mol. The predicted octanol–water partition coefficient (Wildman–Crippen LogP) is -3.87. The van der Waals surface area contributed by atoms with Crippen LogP contribution in [0.25, 0.3) is 33.5 Å². The van der Waals surface area contributed by atoms with E-state index in [2.05, 4.69) is 48.5 Å². The van der Waals surface area contributed by atoms with E-state index in [9.17, 15) is 58.2 Å². The van der Waals surface area contributed by atoms with Crippen LogP contribution in [0, 0.1) is 5.92 Å². The third-order valence-electron chi connectivity index (χ3n) is 12.6. The van der Waals surface area contributed by atoms with E-state index in [1.807, 2.05) is 0 Å². The number of methoxy groups -OCH3 is 2. The largest absolute Gasteiger partial charge is 0.778 e. The lowest BCUT2D eigenvalue weighted by Crippen LogP contribution is -2.40. The fourth-order valence-electron chi connectivity index (χ4n) is 9.17. The fourth-order valence-corrected chi connectivity index (χ4v) is 15.9. The number of aliphatic hydroxyl groups excluding tert-OH is 3. The van der Waals surface area contributed by atoms with Crippen LogP contribution in [0.4, 0.5) is 17.7 Å². The van der Waals surface area contributed by atoms with Gasteiger partial charge < -0.3 is 84.9 Å². The smallest absolute Gasteiger partial charge is 0.479 e. The van der Waals surface area contributed by atoms with Crippen molar-refractivity contribution in [2.45, 2.75) is 73.5 Å². The van der Waals surface area contributed by atoms with Crippen molar-refractivity contribution in [3.8, 4) is 0 Å². The minimum atomic E-state index is -5.79. The molecule has 42 heteroatoms. The molecule has 3 fully saturated rings. The van der Waals surface area contributed by atoms with Gasteiger partial charge in [-0.2, -0.15) is 14.5 Å². The number of phosphoric ester groups is 2. The number of nitrogen functional groups attached to an aromatic ring is 3. The Morgan fingerprint density at radius 2 is 1.31 bits per heavy atom. The van der Waals surface area contributed by atoms with Crippen LogP contribution in [0.5, 0.6) is 0 Å². The molecule has 3 aliphatic heterocycles. The summed E-state index contributed by atoms with van der Waals surface area (Å²) in [6.07, 6.45) is -10.9. The number of nitrogens with one attached hydrogen (secondary N) is 2. The molecule has 9 rings (SSSR count). The number of imidazole rings is 3. The van der Waals surface area contributed by atoms with Gasteiger partial charge in [0.25, 0.3) is 16.7 Å². The van der Waals surface area contributed by atoms with E-state index in [4.69, 9.17) is 66.3 Å². The molecule has 9 heterocycles. The Bertz CT molecular complexity index is 3510. The lowest BCUT2D eigenvalue weighted by atomic mass is 9.95. The molecule has 0 bridgehead atoms. The van der Waals surface area contributed by atoms with Crippen molar-refractivity contribution in [3.63, 3.8) is 0 Å². The van der Waals surface area contributed by atoms with E-state index in [1.165, 1.54) is 34.2 Å². The quantitative estimate of drug-likeness (QED) is 0.0243. The van der Waals surface area contributed by atoms with Gasteiger partial charge >= 0.3 is 27.9 Å². The molecule has 0 aliphatic carbocycles. The maximum absolute atomic E-state index is 14.4. The van der Waals surface area contributed by atoms with E-state index in [1.54, 1.807) is 0 Å². The van der Waals surface area contributed by atoms with Crippen LogP contribution < -0.4 is 37.8 Å². The van der Waals surface area contributed by atoms with Crippen molar-refractivity contribution in [2.24, 2.45) is 13.0 Å².